The number of aryl methyl sites for hydroxylation is 1. The molecule has 24 heavy (non-hydrogen) atoms. The number of carbonyl (C=O) groups excluding carboxylic acids is 1. The van der Waals surface area contributed by atoms with Crippen molar-refractivity contribution in [2.24, 2.45) is 0 Å². The van der Waals surface area contributed by atoms with E-state index in [4.69, 9.17) is 5.11 Å². The number of nitrogens with one attached hydrogen (secondary N) is 2. The molecule has 2 aromatic rings. The second-order valence-corrected chi connectivity index (χ2v) is 5.36. The van der Waals surface area contributed by atoms with Gasteiger partial charge in [-0.25, -0.2) is 4.79 Å². The molecule has 0 spiro atoms. The molecule has 2 amide bonds. The molecule has 2 aromatic carbocycles. The highest BCUT2D eigenvalue weighted by Gasteiger charge is 2.10. The molecule has 0 bridgehead atoms. The third kappa shape index (κ3) is 4.79. The number of urea groups is 1. The SMILES string of the molecule is Cc1ccc([N+](=O)[O-])cc1NC(=O)NCCc1ccc(CO)cc1. The summed E-state index contributed by atoms with van der Waals surface area (Å²) >= 11 is 0. The third-order valence-corrected chi connectivity index (χ3v) is 3.58. The average Bonchev–Trinajstić information content (AvgIpc) is 2.57. The summed E-state index contributed by atoms with van der Waals surface area (Å²) in [5.74, 6) is 0. The summed E-state index contributed by atoms with van der Waals surface area (Å²) in [6, 6.07) is 11.4. The number of aliphatic hydroxyl groups is 1. The fourth-order valence-corrected chi connectivity index (χ4v) is 2.16. The number of carbonyl (C=O) groups is 1. The van der Waals surface area contributed by atoms with E-state index in [1.54, 1.807) is 13.0 Å². The van der Waals surface area contributed by atoms with E-state index in [1.807, 2.05) is 24.3 Å². The van der Waals surface area contributed by atoms with Crippen LogP contribution in [-0.2, 0) is 13.0 Å². The lowest BCUT2D eigenvalue weighted by Crippen LogP contribution is -2.30. The summed E-state index contributed by atoms with van der Waals surface area (Å²) in [5, 5.41) is 25.1. The fourth-order valence-electron chi connectivity index (χ4n) is 2.16. The zero-order chi connectivity index (χ0) is 17.5. The molecule has 0 saturated carbocycles. The lowest BCUT2D eigenvalue weighted by molar-refractivity contribution is -0.384. The summed E-state index contributed by atoms with van der Waals surface area (Å²) in [6.07, 6.45) is 0.646. The van der Waals surface area contributed by atoms with Gasteiger partial charge in [-0.3, -0.25) is 10.1 Å². The Balaban J connectivity index is 1.86. The van der Waals surface area contributed by atoms with Crippen LogP contribution in [0.5, 0.6) is 0 Å². The van der Waals surface area contributed by atoms with Gasteiger partial charge in [0, 0.05) is 18.7 Å². The summed E-state index contributed by atoms with van der Waals surface area (Å²) in [4.78, 5) is 22.2. The number of benzene rings is 2. The van der Waals surface area contributed by atoms with Crippen LogP contribution in [0, 0.1) is 17.0 Å². The summed E-state index contributed by atoms with van der Waals surface area (Å²) < 4.78 is 0. The Hall–Kier alpha value is -2.93. The first-order valence-electron chi connectivity index (χ1n) is 7.48. The van der Waals surface area contributed by atoms with Crippen LogP contribution >= 0.6 is 0 Å². The van der Waals surface area contributed by atoms with Gasteiger partial charge in [-0.05, 0) is 30.0 Å². The Kier molecular flexibility index (Phi) is 5.86. The molecule has 3 N–H and O–H groups in total. The van der Waals surface area contributed by atoms with Crippen LogP contribution < -0.4 is 10.6 Å². The number of rotatable bonds is 6. The Morgan fingerprint density at radius 1 is 1.17 bits per heavy atom. The van der Waals surface area contributed by atoms with E-state index in [-0.39, 0.29) is 12.3 Å². The van der Waals surface area contributed by atoms with Crippen molar-refractivity contribution in [2.75, 3.05) is 11.9 Å². The van der Waals surface area contributed by atoms with Crippen LogP contribution in [0.1, 0.15) is 16.7 Å². The molecular weight excluding hydrogens is 310 g/mol. The van der Waals surface area contributed by atoms with Crippen molar-refractivity contribution in [3.05, 3.63) is 69.3 Å². The predicted octanol–water partition coefficient (Wildman–Crippen LogP) is 2.76. The van der Waals surface area contributed by atoms with Gasteiger partial charge in [-0.1, -0.05) is 30.3 Å². The van der Waals surface area contributed by atoms with Gasteiger partial charge in [0.1, 0.15) is 0 Å². The van der Waals surface area contributed by atoms with Crippen LogP contribution in [0.25, 0.3) is 0 Å². The van der Waals surface area contributed by atoms with Crippen LogP contribution in [0.15, 0.2) is 42.5 Å². The molecule has 0 unspecified atom stereocenters. The number of nitrogens with zero attached hydrogens (tertiary/aromatic N) is 1. The van der Waals surface area contributed by atoms with Gasteiger partial charge in [-0.15, -0.1) is 0 Å². The highest BCUT2D eigenvalue weighted by molar-refractivity contribution is 5.90. The maximum absolute atomic E-state index is 11.9. The van der Waals surface area contributed by atoms with Gasteiger partial charge >= 0.3 is 6.03 Å². The molecule has 0 aliphatic rings. The van der Waals surface area contributed by atoms with Crippen LogP contribution in [-0.4, -0.2) is 22.6 Å². The Bertz CT molecular complexity index is 729. The van der Waals surface area contributed by atoms with Crippen LogP contribution in [0.4, 0.5) is 16.2 Å². The molecule has 0 radical (unpaired) electrons. The van der Waals surface area contributed by atoms with Crippen molar-refractivity contribution in [1.29, 1.82) is 0 Å². The summed E-state index contributed by atoms with van der Waals surface area (Å²) in [5.41, 5.74) is 2.97. The lowest BCUT2D eigenvalue weighted by atomic mass is 10.1. The minimum atomic E-state index is -0.501. The minimum Gasteiger partial charge on any atom is -0.392 e. The average molecular weight is 329 g/mol. The van der Waals surface area contributed by atoms with Crippen molar-refractivity contribution in [1.82, 2.24) is 5.32 Å². The Morgan fingerprint density at radius 3 is 2.46 bits per heavy atom. The summed E-state index contributed by atoms with van der Waals surface area (Å²) in [6.45, 7) is 2.20. The van der Waals surface area contributed by atoms with E-state index in [1.165, 1.54) is 12.1 Å². The molecule has 0 aromatic heterocycles. The molecule has 2 rings (SSSR count). The van der Waals surface area contributed by atoms with Crippen LogP contribution in [0.3, 0.4) is 0 Å². The minimum absolute atomic E-state index is 0.00347. The van der Waals surface area contributed by atoms with Gasteiger partial charge in [0.25, 0.3) is 5.69 Å². The van der Waals surface area contributed by atoms with E-state index >= 15 is 0 Å². The van der Waals surface area contributed by atoms with E-state index < -0.39 is 11.0 Å². The second-order valence-electron chi connectivity index (χ2n) is 5.36. The summed E-state index contributed by atoms with van der Waals surface area (Å²) in [7, 11) is 0. The molecule has 0 saturated heterocycles. The van der Waals surface area contributed by atoms with E-state index in [0.29, 0.717) is 18.7 Å². The molecule has 0 aliphatic carbocycles. The lowest BCUT2D eigenvalue weighted by Gasteiger charge is -2.10. The molecular formula is C17H19N3O4. The number of nitro benzene ring substituents is 1. The van der Waals surface area contributed by atoms with E-state index in [9.17, 15) is 14.9 Å². The molecule has 7 nitrogen and oxygen atoms in total. The number of aliphatic hydroxyl groups excluding tert-OH is 1. The zero-order valence-corrected chi connectivity index (χ0v) is 13.3. The van der Waals surface area contributed by atoms with Gasteiger partial charge < -0.3 is 15.7 Å². The Labute approximate surface area is 139 Å². The number of amides is 2. The smallest absolute Gasteiger partial charge is 0.319 e. The fraction of sp³-hybridized carbons (Fsp3) is 0.235. The number of nitro groups is 1. The molecule has 0 heterocycles. The normalized spacial score (nSPS) is 10.2. The number of anilines is 1. The van der Waals surface area contributed by atoms with Crippen molar-refractivity contribution in [3.63, 3.8) is 0 Å². The molecule has 0 aliphatic heterocycles. The maximum atomic E-state index is 11.9. The largest absolute Gasteiger partial charge is 0.392 e. The standard InChI is InChI=1S/C17H19N3O4/c1-12-2-7-15(20(23)24)10-16(12)19-17(22)18-9-8-13-3-5-14(11-21)6-4-13/h2-7,10,21H,8-9,11H2,1H3,(H2,18,19,22). The molecule has 0 atom stereocenters. The maximum Gasteiger partial charge on any atom is 0.319 e. The van der Waals surface area contributed by atoms with Gasteiger partial charge in [-0.2, -0.15) is 0 Å². The topological polar surface area (TPSA) is 105 Å². The monoisotopic (exact) mass is 329 g/mol. The van der Waals surface area contributed by atoms with Gasteiger partial charge in [0.2, 0.25) is 0 Å². The second kappa shape index (κ2) is 8.07. The van der Waals surface area contributed by atoms with Gasteiger partial charge in [0.05, 0.1) is 17.2 Å². The first kappa shape index (κ1) is 17.4. The third-order valence-electron chi connectivity index (χ3n) is 3.58. The Morgan fingerprint density at radius 2 is 1.83 bits per heavy atom. The van der Waals surface area contributed by atoms with Crippen molar-refractivity contribution in [3.8, 4) is 0 Å². The van der Waals surface area contributed by atoms with Crippen LogP contribution in [0.2, 0.25) is 0 Å². The van der Waals surface area contributed by atoms with E-state index in [2.05, 4.69) is 10.6 Å². The van der Waals surface area contributed by atoms with Gasteiger partial charge in [0.15, 0.2) is 0 Å². The van der Waals surface area contributed by atoms with E-state index in [0.717, 1.165) is 16.7 Å². The van der Waals surface area contributed by atoms with Crippen molar-refractivity contribution < 1.29 is 14.8 Å². The molecule has 7 heteroatoms. The molecule has 126 valence electrons. The first-order chi connectivity index (χ1) is 11.5. The zero-order valence-electron chi connectivity index (χ0n) is 13.3. The molecule has 0 fully saturated rings. The predicted molar refractivity (Wildman–Crippen MR) is 90.9 cm³/mol. The van der Waals surface area contributed by atoms with Crippen molar-refractivity contribution >= 4 is 17.4 Å². The quantitative estimate of drug-likeness (QED) is 0.560. The van der Waals surface area contributed by atoms with Crippen molar-refractivity contribution in [2.45, 2.75) is 20.0 Å². The number of hydrogen-bond donors (Lipinski definition) is 3. The highest BCUT2D eigenvalue weighted by Crippen LogP contribution is 2.21. The number of hydrogen-bond acceptors (Lipinski definition) is 4. The highest BCUT2D eigenvalue weighted by atomic mass is 16.6. The number of non-ortho nitro benzene ring substituents is 1. The first-order valence-corrected chi connectivity index (χ1v) is 7.48.